The van der Waals surface area contributed by atoms with Crippen LogP contribution in [0.2, 0.25) is 0 Å². The molecule has 0 aliphatic heterocycles. The molecule has 0 saturated carbocycles. The van der Waals surface area contributed by atoms with Crippen molar-refractivity contribution < 1.29 is 10.2 Å². The van der Waals surface area contributed by atoms with Crippen molar-refractivity contribution in [3.05, 3.63) is 12.7 Å². The number of allylic oxidation sites excluding steroid dienone is 1. The smallest absolute Gasteiger partial charge is 0.0564 e. The summed E-state index contributed by atoms with van der Waals surface area (Å²) in [6.07, 6.45) is 8.95. The lowest BCUT2D eigenvalue weighted by Crippen LogP contribution is -2.13. The molecular weight excluding hydrogens is 248 g/mol. The third-order valence-electron chi connectivity index (χ3n) is 3.88. The molecule has 3 atom stereocenters. The van der Waals surface area contributed by atoms with Crippen molar-refractivity contribution in [3.8, 4) is 0 Å². The average Bonchev–Trinajstić information content (AvgIpc) is 2.40. The van der Waals surface area contributed by atoms with Crippen molar-refractivity contribution in [1.82, 2.24) is 0 Å². The molecule has 2 N–H and O–H groups in total. The zero-order valence-corrected chi connectivity index (χ0v) is 14.4. The summed E-state index contributed by atoms with van der Waals surface area (Å²) in [6.45, 7) is 14.4. The van der Waals surface area contributed by atoms with Gasteiger partial charge in [-0.25, -0.2) is 0 Å². The second-order valence-corrected chi connectivity index (χ2v) is 5.85. The minimum absolute atomic E-state index is 0.310. The van der Waals surface area contributed by atoms with Crippen LogP contribution in [0.3, 0.4) is 0 Å². The van der Waals surface area contributed by atoms with Gasteiger partial charge in [-0.2, -0.15) is 0 Å². The third kappa shape index (κ3) is 14.1. The summed E-state index contributed by atoms with van der Waals surface area (Å²) < 4.78 is 0. The fourth-order valence-electron chi connectivity index (χ4n) is 2.32. The van der Waals surface area contributed by atoms with Gasteiger partial charge in [-0.1, -0.05) is 53.0 Å². The predicted octanol–water partition coefficient (Wildman–Crippen LogP) is 4.94. The Bertz CT molecular complexity index is 198. The Kier molecular flexibility index (Phi) is 16.5. The second-order valence-electron chi connectivity index (χ2n) is 5.85. The van der Waals surface area contributed by atoms with Gasteiger partial charge in [0.15, 0.2) is 0 Å². The normalized spacial score (nSPS) is 15.2. The van der Waals surface area contributed by atoms with Crippen molar-refractivity contribution in [2.75, 3.05) is 0 Å². The van der Waals surface area contributed by atoms with E-state index in [1.54, 1.807) is 6.92 Å². The maximum atomic E-state index is 9.06. The Hall–Kier alpha value is -0.340. The molecule has 3 unspecified atom stereocenters. The summed E-state index contributed by atoms with van der Waals surface area (Å²) in [5, 5.41) is 17.8. The fourth-order valence-corrected chi connectivity index (χ4v) is 2.32. The van der Waals surface area contributed by atoms with Gasteiger partial charge < -0.3 is 10.2 Å². The lowest BCUT2D eigenvalue weighted by Gasteiger charge is -2.16. The van der Waals surface area contributed by atoms with Crippen molar-refractivity contribution in [2.45, 2.75) is 91.8 Å². The highest BCUT2D eigenvalue weighted by atomic mass is 16.3. The van der Waals surface area contributed by atoms with E-state index in [4.69, 9.17) is 10.2 Å². The Balaban J connectivity index is 0. The monoisotopic (exact) mass is 286 g/mol. The van der Waals surface area contributed by atoms with E-state index in [2.05, 4.69) is 33.4 Å². The quantitative estimate of drug-likeness (QED) is 0.558. The van der Waals surface area contributed by atoms with Crippen molar-refractivity contribution in [1.29, 1.82) is 0 Å². The van der Waals surface area contributed by atoms with Crippen molar-refractivity contribution in [3.63, 3.8) is 0 Å². The van der Waals surface area contributed by atoms with E-state index in [0.29, 0.717) is 6.42 Å². The van der Waals surface area contributed by atoms with Gasteiger partial charge in [0.05, 0.1) is 12.2 Å². The minimum atomic E-state index is -0.369. The maximum absolute atomic E-state index is 9.06. The van der Waals surface area contributed by atoms with E-state index in [9.17, 15) is 0 Å². The van der Waals surface area contributed by atoms with Gasteiger partial charge in [0, 0.05) is 0 Å². The number of aliphatic hydroxyl groups excluding tert-OH is 2. The molecule has 0 aromatic rings. The summed E-state index contributed by atoms with van der Waals surface area (Å²) >= 11 is 0. The lowest BCUT2D eigenvalue weighted by atomic mass is 9.89. The molecule has 0 fully saturated rings. The lowest BCUT2D eigenvalue weighted by molar-refractivity contribution is 0.0848. The van der Waals surface area contributed by atoms with Gasteiger partial charge in [0.2, 0.25) is 0 Å². The molecule has 0 aromatic carbocycles. The minimum Gasteiger partial charge on any atom is -0.393 e. The van der Waals surface area contributed by atoms with Crippen LogP contribution < -0.4 is 0 Å². The van der Waals surface area contributed by atoms with Gasteiger partial charge in [-0.3, -0.25) is 0 Å². The molecule has 0 saturated heterocycles. The molecule has 0 radical (unpaired) electrons. The number of hydrogen-bond donors (Lipinski definition) is 2. The summed E-state index contributed by atoms with van der Waals surface area (Å²) in [5.41, 5.74) is 0. The second kappa shape index (κ2) is 15.1. The molecule has 0 rings (SSSR count). The van der Waals surface area contributed by atoms with E-state index in [0.717, 1.165) is 24.7 Å². The van der Waals surface area contributed by atoms with E-state index >= 15 is 0 Å². The van der Waals surface area contributed by atoms with Crippen LogP contribution >= 0.6 is 0 Å². The van der Waals surface area contributed by atoms with Gasteiger partial charge in [0.25, 0.3) is 0 Å². The highest BCUT2D eigenvalue weighted by molar-refractivity contribution is 4.79. The molecule has 0 aliphatic carbocycles. The van der Waals surface area contributed by atoms with Crippen LogP contribution in [0.15, 0.2) is 12.7 Å². The number of aliphatic hydroxyl groups is 2. The van der Waals surface area contributed by atoms with Gasteiger partial charge in [-0.05, 0) is 44.4 Å². The molecule has 122 valence electrons. The van der Waals surface area contributed by atoms with Crippen LogP contribution in [0, 0.1) is 11.8 Å². The molecule has 0 aromatic heterocycles. The first-order chi connectivity index (χ1) is 9.44. The van der Waals surface area contributed by atoms with E-state index in [1.807, 2.05) is 6.92 Å². The van der Waals surface area contributed by atoms with Gasteiger partial charge in [-0.15, -0.1) is 6.58 Å². The standard InChI is InChI=1S/C11H22.C7H16O2/c1-5-10(6-2)9-11(7-3)8-4;1-3-4-7(9)5-6(2)8/h5,10-11H,1,6-9H2,2-4H3;6-9H,3-5H2,1-2H3. The molecule has 2 nitrogen and oxygen atoms in total. The summed E-state index contributed by atoms with van der Waals surface area (Å²) in [6, 6.07) is 0. The van der Waals surface area contributed by atoms with E-state index in [-0.39, 0.29) is 12.2 Å². The first kappa shape index (κ1) is 21.9. The van der Waals surface area contributed by atoms with Gasteiger partial charge >= 0.3 is 0 Å². The first-order valence-corrected chi connectivity index (χ1v) is 8.43. The molecule has 0 aliphatic rings. The first-order valence-electron chi connectivity index (χ1n) is 8.43. The van der Waals surface area contributed by atoms with Crippen molar-refractivity contribution in [2.24, 2.45) is 11.8 Å². The third-order valence-corrected chi connectivity index (χ3v) is 3.88. The summed E-state index contributed by atoms with van der Waals surface area (Å²) in [5.74, 6) is 1.66. The zero-order chi connectivity index (χ0) is 16.0. The van der Waals surface area contributed by atoms with Crippen LogP contribution in [-0.4, -0.2) is 22.4 Å². The molecule has 0 amide bonds. The SMILES string of the molecule is C=CC(CC)CC(CC)CC.CCCC(O)CC(C)O. The van der Waals surface area contributed by atoms with E-state index < -0.39 is 0 Å². The Morgan fingerprint density at radius 3 is 1.80 bits per heavy atom. The highest BCUT2D eigenvalue weighted by Gasteiger charge is 2.08. The Labute approximate surface area is 127 Å². The van der Waals surface area contributed by atoms with Crippen LogP contribution in [0.1, 0.15) is 79.6 Å². The Morgan fingerprint density at radius 2 is 1.50 bits per heavy atom. The molecule has 2 heteroatoms. The summed E-state index contributed by atoms with van der Waals surface area (Å²) in [7, 11) is 0. The predicted molar refractivity (Wildman–Crippen MR) is 89.9 cm³/mol. The number of hydrogen-bond acceptors (Lipinski definition) is 2. The van der Waals surface area contributed by atoms with Crippen LogP contribution in [-0.2, 0) is 0 Å². The van der Waals surface area contributed by atoms with E-state index in [1.165, 1.54) is 25.7 Å². The van der Waals surface area contributed by atoms with Crippen LogP contribution in [0.5, 0.6) is 0 Å². The van der Waals surface area contributed by atoms with Crippen LogP contribution in [0.4, 0.5) is 0 Å². The summed E-state index contributed by atoms with van der Waals surface area (Å²) in [4.78, 5) is 0. The molecule has 20 heavy (non-hydrogen) atoms. The van der Waals surface area contributed by atoms with Crippen molar-refractivity contribution >= 4 is 0 Å². The topological polar surface area (TPSA) is 40.5 Å². The Morgan fingerprint density at radius 1 is 0.950 bits per heavy atom. The largest absolute Gasteiger partial charge is 0.393 e. The molecule has 0 spiro atoms. The number of rotatable bonds is 10. The maximum Gasteiger partial charge on any atom is 0.0564 e. The molecule has 0 bridgehead atoms. The fraction of sp³-hybridized carbons (Fsp3) is 0.889. The average molecular weight is 286 g/mol. The van der Waals surface area contributed by atoms with Crippen LogP contribution in [0.25, 0.3) is 0 Å². The highest BCUT2D eigenvalue weighted by Crippen LogP contribution is 2.21. The zero-order valence-electron chi connectivity index (χ0n) is 14.4. The van der Waals surface area contributed by atoms with Gasteiger partial charge in [0.1, 0.15) is 0 Å². The molecular formula is C18H38O2. The molecule has 0 heterocycles.